The van der Waals surface area contributed by atoms with Gasteiger partial charge in [0.05, 0.1) is 13.7 Å². The number of rotatable bonds is 9. The molecule has 1 aromatic rings. The molecule has 4 nitrogen and oxygen atoms in total. The lowest BCUT2D eigenvalue weighted by Crippen LogP contribution is -1.99. The van der Waals surface area contributed by atoms with E-state index in [4.69, 9.17) is 14.6 Å². The third-order valence-corrected chi connectivity index (χ3v) is 2.86. The summed E-state index contributed by atoms with van der Waals surface area (Å²) in [4.78, 5) is 10.5. The fraction of sp³-hybridized carbons (Fsp3) is 0.438. The van der Waals surface area contributed by atoms with Gasteiger partial charge in [-0.25, -0.2) is 4.79 Å². The van der Waals surface area contributed by atoms with Gasteiger partial charge < -0.3 is 14.6 Å². The van der Waals surface area contributed by atoms with Crippen LogP contribution in [0, 0.1) is 0 Å². The van der Waals surface area contributed by atoms with E-state index in [1.807, 2.05) is 6.07 Å². The number of carboxylic acids is 1. The number of ether oxygens (including phenoxy) is 2. The normalized spacial score (nSPS) is 10.7. The van der Waals surface area contributed by atoms with Gasteiger partial charge in [0, 0.05) is 6.08 Å². The van der Waals surface area contributed by atoms with Gasteiger partial charge in [0.15, 0.2) is 11.5 Å². The summed E-state index contributed by atoms with van der Waals surface area (Å²) in [7, 11) is 1.57. The van der Waals surface area contributed by atoms with Crippen molar-refractivity contribution in [3.05, 3.63) is 29.8 Å². The number of carbonyl (C=O) groups is 1. The van der Waals surface area contributed by atoms with Crippen LogP contribution in [-0.2, 0) is 4.79 Å². The predicted molar refractivity (Wildman–Crippen MR) is 79.3 cm³/mol. The highest BCUT2D eigenvalue weighted by Crippen LogP contribution is 2.28. The van der Waals surface area contributed by atoms with E-state index >= 15 is 0 Å². The molecule has 0 saturated heterocycles. The van der Waals surface area contributed by atoms with Crippen molar-refractivity contribution in [2.45, 2.75) is 32.6 Å². The summed E-state index contributed by atoms with van der Waals surface area (Å²) in [6.07, 6.45) is 7.24. The standard InChI is InChI=1S/C16H22O4/c1-3-4-5-6-11-20-14-9-7-13(8-10-16(17)18)12-15(14)19-2/h7-10,12H,3-6,11H2,1-2H3,(H,17,18)/b10-8+. The third kappa shape index (κ3) is 5.78. The van der Waals surface area contributed by atoms with Gasteiger partial charge in [0.1, 0.15) is 0 Å². The van der Waals surface area contributed by atoms with Crippen molar-refractivity contribution in [2.24, 2.45) is 0 Å². The monoisotopic (exact) mass is 278 g/mol. The molecule has 1 N–H and O–H groups in total. The van der Waals surface area contributed by atoms with Crippen LogP contribution in [0.15, 0.2) is 24.3 Å². The summed E-state index contributed by atoms with van der Waals surface area (Å²) in [5, 5.41) is 8.60. The third-order valence-electron chi connectivity index (χ3n) is 2.86. The van der Waals surface area contributed by atoms with Gasteiger partial charge in [-0.15, -0.1) is 0 Å². The molecule has 1 aromatic carbocycles. The van der Waals surface area contributed by atoms with Crippen molar-refractivity contribution < 1.29 is 19.4 Å². The van der Waals surface area contributed by atoms with Crippen molar-refractivity contribution in [1.29, 1.82) is 0 Å². The lowest BCUT2D eigenvalue weighted by atomic mass is 10.2. The molecule has 0 aliphatic rings. The van der Waals surface area contributed by atoms with Gasteiger partial charge in [-0.05, 0) is 30.2 Å². The number of methoxy groups -OCH3 is 1. The molecule has 0 saturated carbocycles. The number of carboxylic acid groups (broad SMARTS) is 1. The zero-order valence-corrected chi connectivity index (χ0v) is 12.1. The molecule has 0 spiro atoms. The summed E-state index contributed by atoms with van der Waals surface area (Å²) in [5.41, 5.74) is 0.766. The average Bonchev–Trinajstić information content (AvgIpc) is 2.45. The molecule has 110 valence electrons. The van der Waals surface area contributed by atoms with E-state index < -0.39 is 5.97 Å². The van der Waals surface area contributed by atoms with Crippen LogP contribution in [0.1, 0.15) is 38.2 Å². The van der Waals surface area contributed by atoms with Gasteiger partial charge in [-0.3, -0.25) is 0 Å². The Kier molecular flexibility index (Phi) is 7.25. The van der Waals surface area contributed by atoms with Crippen molar-refractivity contribution in [2.75, 3.05) is 13.7 Å². The average molecular weight is 278 g/mol. The van der Waals surface area contributed by atoms with Crippen molar-refractivity contribution in [3.8, 4) is 11.5 Å². The second kappa shape index (κ2) is 9.02. The number of unbranched alkanes of at least 4 members (excludes halogenated alkanes) is 3. The molecule has 0 heterocycles. The van der Waals surface area contributed by atoms with Crippen LogP contribution in [0.25, 0.3) is 6.08 Å². The van der Waals surface area contributed by atoms with E-state index in [2.05, 4.69) is 6.92 Å². The molecule has 0 atom stereocenters. The Balaban J connectivity index is 2.61. The van der Waals surface area contributed by atoms with Crippen LogP contribution < -0.4 is 9.47 Å². The lowest BCUT2D eigenvalue weighted by molar-refractivity contribution is -0.131. The van der Waals surface area contributed by atoms with E-state index in [0.717, 1.165) is 24.5 Å². The molecule has 0 aromatic heterocycles. The van der Waals surface area contributed by atoms with Gasteiger partial charge >= 0.3 is 5.97 Å². The van der Waals surface area contributed by atoms with Gasteiger partial charge in [-0.1, -0.05) is 32.3 Å². The number of aliphatic carboxylic acids is 1. The minimum Gasteiger partial charge on any atom is -0.493 e. The lowest BCUT2D eigenvalue weighted by Gasteiger charge is -2.11. The predicted octanol–water partition coefficient (Wildman–Crippen LogP) is 3.75. The van der Waals surface area contributed by atoms with Crippen LogP contribution in [0.5, 0.6) is 11.5 Å². The first-order chi connectivity index (χ1) is 9.67. The smallest absolute Gasteiger partial charge is 0.328 e. The second-order valence-electron chi connectivity index (χ2n) is 4.49. The summed E-state index contributed by atoms with van der Waals surface area (Å²) < 4.78 is 11.0. The Morgan fingerprint density at radius 3 is 2.70 bits per heavy atom. The topological polar surface area (TPSA) is 55.8 Å². The minimum absolute atomic E-state index is 0.619. The van der Waals surface area contributed by atoms with Crippen molar-refractivity contribution in [1.82, 2.24) is 0 Å². The summed E-state index contributed by atoms with van der Waals surface area (Å²) in [5.74, 6) is 0.338. The van der Waals surface area contributed by atoms with Gasteiger partial charge in [-0.2, -0.15) is 0 Å². The number of benzene rings is 1. The largest absolute Gasteiger partial charge is 0.493 e. The SMILES string of the molecule is CCCCCCOc1ccc(/C=C/C(=O)O)cc1OC. The maximum Gasteiger partial charge on any atom is 0.328 e. The molecule has 0 fully saturated rings. The summed E-state index contributed by atoms with van der Waals surface area (Å²) in [6.45, 7) is 2.84. The molecular weight excluding hydrogens is 256 g/mol. The van der Waals surface area contributed by atoms with Gasteiger partial charge in [0.2, 0.25) is 0 Å². The highest BCUT2D eigenvalue weighted by Gasteiger charge is 2.04. The van der Waals surface area contributed by atoms with Gasteiger partial charge in [0.25, 0.3) is 0 Å². The molecule has 20 heavy (non-hydrogen) atoms. The van der Waals surface area contributed by atoms with Crippen LogP contribution in [0.3, 0.4) is 0 Å². The fourth-order valence-electron chi connectivity index (χ4n) is 1.79. The Morgan fingerprint density at radius 2 is 2.05 bits per heavy atom. The van der Waals surface area contributed by atoms with Crippen molar-refractivity contribution >= 4 is 12.0 Å². The Morgan fingerprint density at radius 1 is 1.25 bits per heavy atom. The maximum absolute atomic E-state index is 10.5. The van der Waals surface area contributed by atoms with E-state index in [0.29, 0.717) is 18.1 Å². The summed E-state index contributed by atoms with van der Waals surface area (Å²) in [6, 6.07) is 5.38. The Labute approximate surface area is 120 Å². The first-order valence-electron chi connectivity index (χ1n) is 6.89. The Bertz CT molecular complexity index is 452. The first-order valence-corrected chi connectivity index (χ1v) is 6.89. The van der Waals surface area contributed by atoms with Crippen LogP contribution in [0.2, 0.25) is 0 Å². The van der Waals surface area contributed by atoms with Crippen LogP contribution in [0.4, 0.5) is 0 Å². The van der Waals surface area contributed by atoms with E-state index in [1.54, 1.807) is 19.2 Å². The zero-order chi connectivity index (χ0) is 14.8. The fourth-order valence-corrected chi connectivity index (χ4v) is 1.79. The zero-order valence-electron chi connectivity index (χ0n) is 12.1. The quantitative estimate of drug-likeness (QED) is 0.552. The van der Waals surface area contributed by atoms with E-state index in [-0.39, 0.29) is 0 Å². The molecule has 1 rings (SSSR count). The molecule has 4 heteroatoms. The molecule has 0 radical (unpaired) electrons. The number of hydrogen-bond donors (Lipinski definition) is 1. The number of hydrogen-bond acceptors (Lipinski definition) is 3. The highest BCUT2D eigenvalue weighted by atomic mass is 16.5. The molecule has 0 amide bonds. The highest BCUT2D eigenvalue weighted by molar-refractivity contribution is 5.85. The molecule has 0 bridgehead atoms. The maximum atomic E-state index is 10.5. The molecule has 0 aliphatic carbocycles. The van der Waals surface area contributed by atoms with E-state index in [1.165, 1.54) is 18.9 Å². The van der Waals surface area contributed by atoms with Crippen LogP contribution in [-0.4, -0.2) is 24.8 Å². The first kappa shape index (κ1) is 16.1. The second-order valence-corrected chi connectivity index (χ2v) is 4.49. The molecule has 0 aliphatic heterocycles. The molecule has 0 unspecified atom stereocenters. The molecular formula is C16H22O4. The van der Waals surface area contributed by atoms with Crippen LogP contribution >= 0.6 is 0 Å². The summed E-state index contributed by atoms with van der Waals surface area (Å²) >= 11 is 0. The van der Waals surface area contributed by atoms with Crippen molar-refractivity contribution in [3.63, 3.8) is 0 Å². The van der Waals surface area contributed by atoms with E-state index in [9.17, 15) is 4.79 Å². The minimum atomic E-state index is -0.972. The Hall–Kier alpha value is -1.97.